The molecular formula is C18H25N3O. The number of benzene rings is 1. The maximum absolute atomic E-state index is 12.2. The molecule has 0 saturated heterocycles. The predicted molar refractivity (Wildman–Crippen MR) is 89.9 cm³/mol. The fourth-order valence-corrected chi connectivity index (χ4v) is 3.39. The molecular weight excluding hydrogens is 274 g/mol. The van der Waals surface area contributed by atoms with E-state index in [-0.39, 0.29) is 5.91 Å². The molecule has 1 heterocycles. The number of carbonyl (C=O) groups excluding carboxylic acids is 1. The minimum absolute atomic E-state index is 0.0577. The zero-order valence-electron chi connectivity index (χ0n) is 13.5. The van der Waals surface area contributed by atoms with Gasteiger partial charge >= 0.3 is 0 Å². The molecule has 1 N–H and O–H groups in total. The van der Waals surface area contributed by atoms with Crippen LogP contribution in [0.1, 0.15) is 58.4 Å². The molecule has 1 aromatic carbocycles. The molecule has 3 rings (SSSR count). The molecule has 4 heteroatoms. The van der Waals surface area contributed by atoms with Crippen LogP contribution in [0.15, 0.2) is 24.3 Å². The first-order valence-corrected chi connectivity index (χ1v) is 8.42. The number of para-hydroxylation sites is 2. The lowest BCUT2D eigenvalue weighted by atomic mass is 9.95. The Labute approximate surface area is 131 Å². The standard InChI is InChI=1S/C18H25N3O/c1-13(2)12-17(22)20-18-19-15-10-6-7-11-16(15)21(18)14-8-4-3-5-9-14/h6-7,10-11,13-14H,3-5,8-9,12H2,1-2H3,(H,19,20,22). The molecule has 1 aromatic heterocycles. The number of hydrogen-bond acceptors (Lipinski definition) is 2. The highest BCUT2D eigenvalue weighted by Crippen LogP contribution is 2.34. The summed E-state index contributed by atoms with van der Waals surface area (Å²) in [6.45, 7) is 4.12. The van der Waals surface area contributed by atoms with E-state index >= 15 is 0 Å². The molecule has 2 aromatic rings. The van der Waals surface area contributed by atoms with Gasteiger partial charge in [-0.1, -0.05) is 45.2 Å². The molecule has 0 spiro atoms. The second-order valence-corrected chi connectivity index (χ2v) is 6.73. The summed E-state index contributed by atoms with van der Waals surface area (Å²) in [5.41, 5.74) is 2.10. The van der Waals surface area contributed by atoms with E-state index in [9.17, 15) is 4.79 Å². The lowest BCUT2D eigenvalue weighted by molar-refractivity contribution is -0.116. The summed E-state index contributed by atoms with van der Waals surface area (Å²) in [6, 6.07) is 8.63. The summed E-state index contributed by atoms with van der Waals surface area (Å²) in [6.07, 6.45) is 6.72. The van der Waals surface area contributed by atoms with Crippen molar-refractivity contribution in [2.45, 2.75) is 58.4 Å². The minimum Gasteiger partial charge on any atom is -0.307 e. The van der Waals surface area contributed by atoms with Crippen molar-refractivity contribution in [3.8, 4) is 0 Å². The Morgan fingerprint density at radius 2 is 2.00 bits per heavy atom. The molecule has 0 atom stereocenters. The second kappa shape index (κ2) is 6.51. The quantitative estimate of drug-likeness (QED) is 0.901. The largest absolute Gasteiger partial charge is 0.307 e. The SMILES string of the molecule is CC(C)CC(=O)Nc1nc2ccccc2n1C1CCCCC1. The van der Waals surface area contributed by atoms with Gasteiger partial charge in [0, 0.05) is 12.5 Å². The molecule has 1 fully saturated rings. The maximum Gasteiger partial charge on any atom is 0.226 e. The zero-order chi connectivity index (χ0) is 15.5. The number of nitrogens with zero attached hydrogens (tertiary/aromatic N) is 2. The van der Waals surface area contributed by atoms with Gasteiger partial charge in [-0.25, -0.2) is 4.98 Å². The van der Waals surface area contributed by atoms with E-state index in [1.165, 1.54) is 32.1 Å². The van der Waals surface area contributed by atoms with E-state index in [1.807, 2.05) is 18.2 Å². The second-order valence-electron chi connectivity index (χ2n) is 6.73. The monoisotopic (exact) mass is 299 g/mol. The average molecular weight is 299 g/mol. The van der Waals surface area contributed by atoms with Gasteiger partial charge in [-0.3, -0.25) is 10.1 Å². The van der Waals surface area contributed by atoms with Crippen LogP contribution in [0.25, 0.3) is 11.0 Å². The summed E-state index contributed by atoms with van der Waals surface area (Å²) in [7, 11) is 0. The Hall–Kier alpha value is -1.84. The van der Waals surface area contributed by atoms with Crippen LogP contribution in [-0.4, -0.2) is 15.5 Å². The molecule has 1 saturated carbocycles. The first kappa shape index (κ1) is 15.1. The van der Waals surface area contributed by atoms with Crippen LogP contribution < -0.4 is 5.32 Å². The number of nitrogens with one attached hydrogen (secondary N) is 1. The molecule has 1 amide bonds. The highest BCUT2D eigenvalue weighted by atomic mass is 16.1. The highest BCUT2D eigenvalue weighted by molar-refractivity contribution is 5.91. The smallest absolute Gasteiger partial charge is 0.226 e. The Balaban J connectivity index is 1.95. The summed E-state index contributed by atoms with van der Waals surface area (Å²) >= 11 is 0. The summed E-state index contributed by atoms with van der Waals surface area (Å²) in [5, 5.41) is 3.04. The number of imidazole rings is 1. The summed E-state index contributed by atoms with van der Waals surface area (Å²) in [4.78, 5) is 16.8. The van der Waals surface area contributed by atoms with Crippen molar-refractivity contribution < 1.29 is 4.79 Å². The number of fused-ring (bicyclic) bond motifs is 1. The number of aromatic nitrogens is 2. The number of amides is 1. The van der Waals surface area contributed by atoms with Crippen molar-refractivity contribution in [2.75, 3.05) is 5.32 Å². The van der Waals surface area contributed by atoms with Gasteiger partial charge in [-0.2, -0.15) is 0 Å². The molecule has 1 aliphatic carbocycles. The fraction of sp³-hybridized carbons (Fsp3) is 0.556. The third kappa shape index (κ3) is 3.16. The lowest BCUT2D eigenvalue weighted by Crippen LogP contribution is -2.20. The van der Waals surface area contributed by atoms with Crippen LogP contribution in [0.5, 0.6) is 0 Å². The van der Waals surface area contributed by atoms with Crippen LogP contribution in [0.3, 0.4) is 0 Å². The van der Waals surface area contributed by atoms with Gasteiger partial charge < -0.3 is 4.57 Å². The Kier molecular flexibility index (Phi) is 4.46. The van der Waals surface area contributed by atoms with Crippen molar-refractivity contribution in [1.82, 2.24) is 9.55 Å². The van der Waals surface area contributed by atoms with Gasteiger partial charge in [0.25, 0.3) is 0 Å². The summed E-state index contributed by atoms with van der Waals surface area (Å²) in [5.74, 6) is 1.13. The van der Waals surface area contributed by atoms with E-state index in [2.05, 4.69) is 34.8 Å². The minimum atomic E-state index is 0.0577. The number of anilines is 1. The molecule has 1 aliphatic rings. The maximum atomic E-state index is 12.2. The van der Waals surface area contributed by atoms with Crippen molar-refractivity contribution in [1.29, 1.82) is 0 Å². The predicted octanol–water partition coefficient (Wildman–Crippen LogP) is 4.53. The van der Waals surface area contributed by atoms with Crippen molar-refractivity contribution in [3.05, 3.63) is 24.3 Å². The highest BCUT2D eigenvalue weighted by Gasteiger charge is 2.22. The molecule has 22 heavy (non-hydrogen) atoms. The number of carbonyl (C=O) groups is 1. The molecule has 118 valence electrons. The van der Waals surface area contributed by atoms with Gasteiger partial charge in [-0.15, -0.1) is 0 Å². The third-order valence-corrected chi connectivity index (χ3v) is 4.38. The van der Waals surface area contributed by atoms with Crippen molar-refractivity contribution >= 4 is 22.9 Å². The van der Waals surface area contributed by atoms with Gasteiger partial charge in [0.2, 0.25) is 11.9 Å². The lowest BCUT2D eigenvalue weighted by Gasteiger charge is -2.25. The van der Waals surface area contributed by atoms with Gasteiger partial charge in [0.1, 0.15) is 0 Å². The van der Waals surface area contributed by atoms with Crippen LogP contribution in [0, 0.1) is 5.92 Å². The topological polar surface area (TPSA) is 46.9 Å². The zero-order valence-corrected chi connectivity index (χ0v) is 13.5. The van der Waals surface area contributed by atoms with Gasteiger partial charge in [0.05, 0.1) is 11.0 Å². The van der Waals surface area contributed by atoms with E-state index < -0.39 is 0 Å². The molecule has 0 bridgehead atoms. The van der Waals surface area contributed by atoms with Gasteiger partial charge in [-0.05, 0) is 30.9 Å². The summed E-state index contributed by atoms with van der Waals surface area (Å²) < 4.78 is 2.26. The van der Waals surface area contributed by atoms with E-state index in [0.29, 0.717) is 18.4 Å². The van der Waals surface area contributed by atoms with Crippen molar-refractivity contribution in [2.24, 2.45) is 5.92 Å². The van der Waals surface area contributed by atoms with E-state index in [1.54, 1.807) is 0 Å². The first-order chi connectivity index (χ1) is 10.6. The Morgan fingerprint density at radius 1 is 1.27 bits per heavy atom. The molecule has 4 nitrogen and oxygen atoms in total. The molecule has 0 unspecified atom stereocenters. The van der Waals surface area contributed by atoms with Crippen LogP contribution in [0.4, 0.5) is 5.95 Å². The Morgan fingerprint density at radius 3 is 2.73 bits per heavy atom. The average Bonchev–Trinajstić information content (AvgIpc) is 2.84. The normalized spacial score (nSPS) is 16.3. The van der Waals surface area contributed by atoms with E-state index in [0.717, 1.165) is 17.0 Å². The first-order valence-electron chi connectivity index (χ1n) is 8.42. The molecule has 0 radical (unpaired) electrons. The van der Waals surface area contributed by atoms with Crippen LogP contribution in [0.2, 0.25) is 0 Å². The fourth-order valence-electron chi connectivity index (χ4n) is 3.39. The number of hydrogen-bond donors (Lipinski definition) is 1. The number of rotatable bonds is 4. The Bertz CT molecular complexity index is 653. The molecule has 0 aliphatic heterocycles. The third-order valence-electron chi connectivity index (χ3n) is 4.38. The van der Waals surface area contributed by atoms with Crippen LogP contribution >= 0.6 is 0 Å². The van der Waals surface area contributed by atoms with Crippen molar-refractivity contribution in [3.63, 3.8) is 0 Å². The van der Waals surface area contributed by atoms with Crippen LogP contribution in [-0.2, 0) is 4.79 Å². The van der Waals surface area contributed by atoms with E-state index in [4.69, 9.17) is 0 Å². The van der Waals surface area contributed by atoms with Gasteiger partial charge in [0.15, 0.2) is 0 Å².